The molecule has 0 unspecified atom stereocenters. The minimum atomic E-state index is -4.51. The van der Waals surface area contributed by atoms with Gasteiger partial charge in [-0.1, -0.05) is 0 Å². The van der Waals surface area contributed by atoms with Gasteiger partial charge in [-0.05, 0) is 37.1 Å². The van der Waals surface area contributed by atoms with Gasteiger partial charge in [0.1, 0.15) is 17.5 Å². The van der Waals surface area contributed by atoms with E-state index in [1.807, 2.05) is 6.07 Å². The highest BCUT2D eigenvalue weighted by Crippen LogP contribution is 2.38. The van der Waals surface area contributed by atoms with E-state index in [-0.39, 0.29) is 29.7 Å². The van der Waals surface area contributed by atoms with Crippen LogP contribution in [0.25, 0.3) is 0 Å². The molecule has 1 amide bonds. The summed E-state index contributed by atoms with van der Waals surface area (Å²) in [4.78, 5) is 22.1. The van der Waals surface area contributed by atoms with Crippen molar-refractivity contribution in [3.05, 3.63) is 54.1 Å². The molecule has 0 N–H and O–H groups in total. The second kappa shape index (κ2) is 6.83. The minimum absolute atomic E-state index is 0.00137. The van der Waals surface area contributed by atoms with E-state index in [4.69, 9.17) is 4.74 Å². The van der Waals surface area contributed by atoms with E-state index >= 15 is 0 Å². The third kappa shape index (κ3) is 3.61. The van der Waals surface area contributed by atoms with Gasteiger partial charge < -0.3 is 9.64 Å². The number of hydrogen-bond donors (Lipinski definition) is 0. The molecule has 0 spiro atoms. The van der Waals surface area contributed by atoms with E-state index in [1.165, 1.54) is 6.07 Å². The van der Waals surface area contributed by atoms with Gasteiger partial charge in [0.2, 0.25) is 0 Å². The number of amides is 1. The van der Waals surface area contributed by atoms with Gasteiger partial charge in [-0.3, -0.25) is 14.8 Å². The third-order valence-electron chi connectivity index (χ3n) is 5.16. The number of hydrogen-bond acceptors (Lipinski definition) is 4. The summed E-state index contributed by atoms with van der Waals surface area (Å²) in [5, 5.41) is 0. The Kier molecular flexibility index (Phi) is 4.49. The maximum atomic E-state index is 12.8. The molecule has 2 aliphatic rings. The van der Waals surface area contributed by atoms with Crippen molar-refractivity contribution in [1.29, 1.82) is 0 Å². The number of piperidine rings is 1. The summed E-state index contributed by atoms with van der Waals surface area (Å²) in [7, 11) is 0. The molecule has 2 bridgehead atoms. The van der Waals surface area contributed by atoms with Crippen molar-refractivity contribution < 1.29 is 22.7 Å². The highest BCUT2D eigenvalue weighted by Gasteiger charge is 2.44. The van der Waals surface area contributed by atoms with Crippen LogP contribution < -0.4 is 4.74 Å². The highest BCUT2D eigenvalue weighted by molar-refractivity contribution is 5.94. The molecule has 0 aliphatic carbocycles. The summed E-state index contributed by atoms with van der Waals surface area (Å²) in [6, 6.07) is 5.77. The molecule has 4 rings (SSSR count). The lowest BCUT2D eigenvalue weighted by molar-refractivity contribution is -0.141. The van der Waals surface area contributed by atoms with E-state index in [1.54, 1.807) is 23.4 Å². The van der Waals surface area contributed by atoms with E-state index < -0.39 is 11.9 Å². The fraction of sp³-hybridized carbons (Fsp3) is 0.421. The van der Waals surface area contributed by atoms with Gasteiger partial charge in [-0.2, -0.15) is 13.2 Å². The first-order valence-electron chi connectivity index (χ1n) is 8.84. The van der Waals surface area contributed by atoms with Crippen molar-refractivity contribution in [2.75, 3.05) is 0 Å². The Morgan fingerprint density at radius 2 is 1.85 bits per heavy atom. The van der Waals surface area contributed by atoms with Crippen LogP contribution >= 0.6 is 0 Å². The van der Waals surface area contributed by atoms with Gasteiger partial charge in [0.25, 0.3) is 5.91 Å². The van der Waals surface area contributed by atoms with Crippen LogP contribution in [-0.2, 0) is 6.18 Å². The van der Waals surface area contributed by atoms with E-state index in [9.17, 15) is 18.0 Å². The standard InChI is InChI=1S/C19H18F3N3O2/c20-19(21,22)17-6-3-12(10-24-17)18(26)25-13-4-5-14(25)9-16(8-13)27-15-2-1-7-23-11-15/h1-3,6-7,10-11,13-14,16H,4-5,8-9H2/t13-,14-/m0/s1. The average Bonchev–Trinajstić information content (AvgIpc) is 2.92. The van der Waals surface area contributed by atoms with Crippen LogP contribution in [0, 0.1) is 0 Å². The molecule has 0 aromatic carbocycles. The number of ether oxygens (including phenoxy) is 1. The number of carbonyl (C=O) groups excluding carboxylic acids is 1. The second-order valence-electron chi connectivity index (χ2n) is 6.93. The van der Waals surface area contributed by atoms with Crippen molar-refractivity contribution >= 4 is 5.91 Å². The Balaban J connectivity index is 1.45. The number of nitrogens with zero attached hydrogens (tertiary/aromatic N) is 3. The zero-order chi connectivity index (χ0) is 19.0. The van der Waals surface area contributed by atoms with Crippen molar-refractivity contribution in [3.63, 3.8) is 0 Å². The van der Waals surface area contributed by atoms with Crippen LogP contribution in [0.3, 0.4) is 0 Å². The highest BCUT2D eigenvalue weighted by atomic mass is 19.4. The first-order valence-corrected chi connectivity index (χ1v) is 8.84. The zero-order valence-electron chi connectivity index (χ0n) is 14.4. The van der Waals surface area contributed by atoms with Crippen molar-refractivity contribution in [2.45, 2.75) is 50.0 Å². The predicted octanol–water partition coefficient (Wildman–Crippen LogP) is 3.71. The number of carbonyl (C=O) groups is 1. The van der Waals surface area contributed by atoms with Crippen molar-refractivity contribution in [1.82, 2.24) is 14.9 Å². The summed E-state index contributed by atoms with van der Waals surface area (Å²) in [6.45, 7) is 0. The number of pyridine rings is 2. The summed E-state index contributed by atoms with van der Waals surface area (Å²) >= 11 is 0. The fourth-order valence-electron chi connectivity index (χ4n) is 4.00. The number of halogens is 3. The number of alkyl halides is 3. The lowest BCUT2D eigenvalue weighted by Gasteiger charge is -2.38. The van der Waals surface area contributed by atoms with E-state index in [0.717, 1.165) is 25.1 Å². The van der Waals surface area contributed by atoms with E-state index in [0.29, 0.717) is 18.6 Å². The molecule has 2 aromatic heterocycles. The maximum Gasteiger partial charge on any atom is 0.433 e. The number of rotatable bonds is 3. The molecule has 2 atom stereocenters. The Morgan fingerprint density at radius 1 is 1.11 bits per heavy atom. The summed E-state index contributed by atoms with van der Waals surface area (Å²) in [6.07, 6.45) is 2.99. The van der Waals surface area contributed by atoms with Crippen molar-refractivity contribution in [3.8, 4) is 5.75 Å². The summed E-state index contributed by atoms with van der Waals surface area (Å²) in [5.41, 5.74) is -0.808. The minimum Gasteiger partial charge on any atom is -0.489 e. The first-order chi connectivity index (χ1) is 12.9. The lowest BCUT2D eigenvalue weighted by Crippen LogP contribution is -2.49. The Morgan fingerprint density at radius 3 is 2.41 bits per heavy atom. The normalized spacial score (nSPS) is 24.7. The first kappa shape index (κ1) is 17.8. The Hall–Kier alpha value is -2.64. The number of aromatic nitrogens is 2. The average molecular weight is 377 g/mol. The maximum absolute atomic E-state index is 12.8. The van der Waals surface area contributed by atoms with Gasteiger partial charge >= 0.3 is 6.18 Å². The predicted molar refractivity (Wildman–Crippen MR) is 90.1 cm³/mol. The van der Waals surface area contributed by atoms with Gasteiger partial charge in [-0.15, -0.1) is 0 Å². The van der Waals surface area contributed by atoms with Gasteiger partial charge in [0, 0.05) is 37.3 Å². The molecule has 142 valence electrons. The van der Waals surface area contributed by atoms with Gasteiger partial charge in [-0.25, -0.2) is 0 Å². The SMILES string of the molecule is O=C(c1ccc(C(F)(F)F)nc1)N1[C@H]2CC[C@H]1CC(Oc1cccnc1)C2. The van der Waals surface area contributed by atoms with Crippen molar-refractivity contribution in [2.24, 2.45) is 0 Å². The quantitative estimate of drug-likeness (QED) is 0.818. The second-order valence-corrected chi connectivity index (χ2v) is 6.93. The van der Waals surface area contributed by atoms with Gasteiger partial charge in [0.05, 0.1) is 11.8 Å². The van der Waals surface area contributed by atoms with Crippen LogP contribution in [0.2, 0.25) is 0 Å². The number of fused-ring (bicyclic) bond motifs is 2. The molecule has 2 fully saturated rings. The molecule has 4 heterocycles. The summed E-state index contributed by atoms with van der Waals surface area (Å²) < 4.78 is 44.0. The topological polar surface area (TPSA) is 55.3 Å². The van der Waals surface area contributed by atoms with Crippen LogP contribution in [0.5, 0.6) is 5.75 Å². The molecule has 27 heavy (non-hydrogen) atoms. The molecule has 2 aliphatic heterocycles. The summed E-state index contributed by atoms with van der Waals surface area (Å²) in [5.74, 6) is 0.442. The van der Waals surface area contributed by atoms with Crippen LogP contribution in [0.4, 0.5) is 13.2 Å². The molecule has 2 aromatic rings. The largest absolute Gasteiger partial charge is 0.489 e. The molecule has 0 radical (unpaired) electrons. The molecule has 2 saturated heterocycles. The zero-order valence-corrected chi connectivity index (χ0v) is 14.4. The Labute approximate surface area is 154 Å². The van der Waals surface area contributed by atoms with Crippen LogP contribution in [-0.4, -0.2) is 39.0 Å². The molecular formula is C19H18F3N3O2. The Bertz CT molecular complexity index is 797. The van der Waals surface area contributed by atoms with Gasteiger partial charge in [0.15, 0.2) is 0 Å². The van der Waals surface area contributed by atoms with Crippen LogP contribution in [0.15, 0.2) is 42.9 Å². The molecule has 8 heteroatoms. The lowest BCUT2D eigenvalue weighted by atomic mass is 9.98. The monoisotopic (exact) mass is 377 g/mol. The van der Waals surface area contributed by atoms with Crippen LogP contribution in [0.1, 0.15) is 41.7 Å². The molecule has 0 saturated carbocycles. The van der Waals surface area contributed by atoms with E-state index in [2.05, 4.69) is 9.97 Å². The smallest absolute Gasteiger partial charge is 0.433 e. The fourth-order valence-corrected chi connectivity index (χ4v) is 4.00. The molecular weight excluding hydrogens is 359 g/mol. The molecule has 5 nitrogen and oxygen atoms in total. The third-order valence-corrected chi connectivity index (χ3v) is 5.16.